The fourth-order valence-electron chi connectivity index (χ4n) is 2.28. The van der Waals surface area contributed by atoms with Crippen LogP contribution in [0.2, 0.25) is 0 Å². The second-order valence-electron chi connectivity index (χ2n) is 4.66. The summed E-state index contributed by atoms with van der Waals surface area (Å²) in [4.78, 5) is 33.9. The summed E-state index contributed by atoms with van der Waals surface area (Å²) in [6, 6.07) is 4.45. The molecule has 8 nitrogen and oxygen atoms in total. The van der Waals surface area contributed by atoms with Crippen molar-refractivity contribution in [3.8, 4) is 0 Å². The van der Waals surface area contributed by atoms with Gasteiger partial charge < -0.3 is 5.32 Å². The van der Waals surface area contributed by atoms with Crippen LogP contribution in [0, 0.1) is 10.1 Å². The van der Waals surface area contributed by atoms with Crippen LogP contribution in [0.5, 0.6) is 0 Å². The van der Waals surface area contributed by atoms with Gasteiger partial charge >= 0.3 is 6.03 Å². The van der Waals surface area contributed by atoms with Crippen LogP contribution in [0.4, 0.5) is 10.5 Å². The summed E-state index contributed by atoms with van der Waals surface area (Å²) in [5.41, 5.74) is 0.966. The van der Waals surface area contributed by atoms with Crippen molar-refractivity contribution in [2.24, 2.45) is 5.84 Å². The number of amides is 2. The smallest absolute Gasteiger partial charge is 0.325 e. The highest BCUT2D eigenvalue weighted by molar-refractivity contribution is 5.98. The molecule has 1 aliphatic heterocycles. The van der Waals surface area contributed by atoms with Crippen LogP contribution < -0.4 is 11.2 Å². The standard InChI is InChI=1S/C13H14N4O4/c1-7-11(8(2)18)12(15-13(19)16(7)14)9-4-3-5-10(6-9)17(20)21/h3-6,12H,14H2,1-2H3,(H,15,19)/t12-/m1/s1. The molecule has 0 radical (unpaired) electrons. The van der Waals surface area contributed by atoms with Crippen LogP contribution in [0.15, 0.2) is 35.5 Å². The average molecular weight is 290 g/mol. The monoisotopic (exact) mass is 290 g/mol. The maximum atomic E-state index is 11.8. The number of hydrogen-bond acceptors (Lipinski definition) is 5. The molecule has 110 valence electrons. The van der Waals surface area contributed by atoms with Crippen LogP contribution in [-0.2, 0) is 4.79 Å². The third-order valence-electron chi connectivity index (χ3n) is 3.32. The topological polar surface area (TPSA) is 119 Å². The summed E-state index contributed by atoms with van der Waals surface area (Å²) < 4.78 is 0. The number of urea groups is 1. The van der Waals surface area contributed by atoms with Gasteiger partial charge in [-0.05, 0) is 19.4 Å². The molecule has 0 fully saturated rings. The maximum absolute atomic E-state index is 11.8. The van der Waals surface area contributed by atoms with E-state index in [1.54, 1.807) is 13.0 Å². The zero-order valence-electron chi connectivity index (χ0n) is 11.5. The number of hydrogen-bond donors (Lipinski definition) is 2. The first-order valence-electron chi connectivity index (χ1n) is 6.14. The van der Waals surface area contributed by atoms with Gasteiger partial charge in [-0.1, -0.05) is 12.1 Å². The molecule has 1 aromatic rings. The average Bonchev–Trinajstić information content (AvgIpc) is 2.44. The van der Waals surface area contributed by atoms with E-state index in [4.69, 9.17) is 5.84 Å². The van der Waals surface area contributed by atoms with Gasteiger partial charge in [0.25, 0.3) is 5.69 Å². The Bertz CT molecular complexity index is 668. The Balaban J connectivity index is 2.56. The Hall–Kier alpha value is -2.74. The number of rotatable bonds is 3. The first-order valence-corrected chi connectivity index (χ1v) is 6.14. The number of nitro groups is 1. The first-order chi connectivity index (χ1) is 9.82. The van der Waals surface area contributed by atoms with Gasteiger partial charge in [0, 0.05) is 23.4 Å². The number of nitrogens with one attached hydrogen (secondary N) is 1. The van der Waals surface area contributed by atoms with E-state index in [0.29, 0.717) is 16.8 Å². The van der Waals surface area contributed by atoms with Gasteiger partial charge in [0.05, 0.1) is 11.0 Å². The van der Waals surface area contributed by atoms with Gasteiger partial charge in [-0.25, -0.2) is 15.6 Å². The number of carbonyl (C=O) groups excluding carboxylic acids is 2. The molecule has 0 saturated carbocycles. The molecule has 0 aromatic heterocycles. The Morgan fingerprint density at radius 2 is 2.14 bits per heavy atom. The molecule has 0 spiro atoms. The van der Waals surface area contributed by atoms with E-state index in [2.05, 4.69) is 5.32 Å². The largest absolute Gasteiger partial charge is 0.336 e. The lowest BCUT2D eigenvalue weighted by molar-refractivity contribution is -0.384. The number of nitrogens with two attached hydrogens (primary N) is 1. The molecule has 0 saturated heterocycles. The Labute approximate surface area is 120 Å². The van der Waals surface area contributed by atoms with Crippen molar-refractivity contribution in [2.75, 3.05) is 0 Å². The second-order valence-corrected chi connectivity index (χ2v) is 4.66. The molecule has 1 atom stereocenters. The first kappa shape index (κ1) is 14.7. The quantitative estimate of drug-likeness (QED) is 0.377. The SMILES string of the molecule is CC(=O)C1=C(C)N(N)C(=O)N[C@@H]1c1cccc([N+](=O)[O-])c1. The molecular formula is C13H14N4O4. The highest BCUT2D eigenvalue weighted by Crippen LogP contribution is 2.31. The van der Waals surface area contributed by atoms with E-state index in [1.807, 2.05) is 0 Å². The molecule has 8 heteroatoms. The van der Waals surface area contributed by atoms with Crippen molar-refractivity contribution in [3.05, 3.63) is 51.2 Å². The third kappa shape index (κ3) is 2.61. The van der Waals surface area contributed by atoms with Gasteiger partial charge in [-0.2, -0.15) is 0 Å². The van der Waals surface area contributed by atoms with Gasteiger partial charge in [0.15, 0.2) is 5.78 Å². The lowest BCUT2D eigenvalue weighted by atomic mass is 9.92. The maximum Gasteiger partial charge on any atom is 0.336 e. The zero-order valence-corrected chi connectivity index (χ0v) is 11.5. The van der Waals surface area contributed by atoms with Crippen molar-refractivity contribution >= 4 is 17.5 Å². The van der Waals surface area contributed by atoms with Crippen LogP contribution in [-0.4, -0.2) is 21.7 Å². The number of hydrazine groups is 1. The van der Waals surface area contributed by atoms with Crippen molar-refractivity contribution in [2.45, 2.75) is 19.9 Å². The van der Waals surface area contributed by atoms with Gasteiger partial charge in [-0.3, -0.25) is 14.9 Å². The number of allylic oxidation sites excluding steroid dienone is 1. The highest BCUT2D eigenvalue weighted by atomic mass is 16.6. The lowest BCUT2D eigenvalue weighted by Gasteiger charge is -2.32. The molecule has 2 amide bonds. The summed E-state index contributed by atoms with van der Waals surface area (Å²) in [6.45, 7) is 2.91. The van der Waals surface area contributed by atoms with Crippen molar-refractivity contribution in [1.82, 2.24) is 10.3 Å². The Kier molecular flexibility index (Phi) is 3.72. The van der Waals surface area contributed by atoms with E-state index in [-0.39, 0.29) is 11.5 Å². The number of carbonyl (C=O) groups is 2. The van der Waals surface area contributed by atoms with E-state index < -0.39 is 17.0 Å². The summed E-state index contributed by atoms with van der Waals surface area (Å²) in [7, 11) is 0. The number of non-ortho nitro benzene ring substituents is 1. The van der Waals surface area contributed by atoms with Crippen LogP contribution in [0.25, 0.3) is 0 Å². The van der Waals surface area contributed by atoms with Crippen LogP contribution in [0.3, 0.4) is 0 Å². The van der Waals surface area contributed by atoms with Crippen LogP contribution >= 0.6 is 0 Å². The summed E-state index contributed by atoms with van der Waals surface area (Å²) in [5.74, 6) is 5.31. The Morgan fingerprint density at radius 1 is 1.48 bits per heavy atom. The third-order valence-corrected chi connectivity index (χ3v) is 3.32. The normalized spacial score (nSPS) is 18.5. The molecule has 3 N–H and O–H groups in total. The van der Waals surface area contributed by atoms with Crippen molar-refractivity contribution in [1.29, 1.82) is 0 Å². The minimum Gasteiger partial charge on any atom is -0.325 e. The molecule has 0 aliphatic carbocycles. The predicted molar refractivity (Wildman–Crippen MR) is 73.8 cm³/mol. The second kappa shape index (κ2) is 5.33. The molecule has 1 aliphatic rings. The molecule has 1 heterocycles. The number of nitro benzene ring substituents is 1. The van der Waals surface area contributed by atoms with Gasteiger partial charge in [0.1, 0.15) is 0 Å². The molecule has 1 aromatic carbocycles. The van der Waals surface area contributed by atoms with E-state index in [0.717, 1.165) is 5.01 Å². The fourth-order valence-corrected chi connectivity index (χ4v) is 2.28. The van der Waals surface area contributed by atoms with E-state index in [1.165, 1.54) is 25.1 Å². The number of Topliss-reactive ketones (excluding diaryl/α,β-unsaturated/α-hetero) is 1. The summed E-state index contributed by atoms with van der Waals surface area (Å²) >= 11 is 0. The molecule has 0 unspecified atom stereocenters. The summed E-state index contributed by atoms with van der Waals surface area (Å²) in [6.07, 6.45) is 0. The fraction of sp³-hybridized carbons (Fsp3) is 0.231. The predicted octanol–water partition coefficient (Wildman–Crippen LogP) is 1.40. The van der Waals surface area contributed by atoms with Crippen LogP contribution in [0.1, 0.15) is 25.5 Å². The summed E-state index contributed by atoms with van der Waals surface area (Å²) in [5, 5.41) is 14.3. The van der Waals surface area contributed by atoms with Crippen molar-refractivity contribution in [3.63, 3.8) is 0 Å². The number of ketones is 1. The zero-order chi connectivity index (χ0) is 15.7. The number of benzene rings is 1. The minimum absolute atomic E-state index is 0.113. The Morgan fingerprint density at radius 3 is 2.71 bits per heavy atom. The van der Waals surface area contributed by atoms with E-state index in [9.17, 15) is 19.7 Å². The van der Waals surface area contributed by atoms with Crippen molar-refractivity contribution < 1.29 is 14.5 Å². The minimum atomic E-state index is -0.755. The highest BCUT2D eigenvalue weighted by Gasteiger charge is 2.33. The molecule has 0 bridgehead atoms. The van der Waals surface area contributed by atoms with E-state index >= 15 is 0 Å². The lowest BCUT2D eigenvalue weighted by Crippen LogP contribution is -2.50. The van der Waals surface area contributed by atoms with Gasteiger partial charge in [-0.15, -0.1) is 0 Å². The molecule has 2 rings (SSSR count). The number of nitrogens with zero attached hydrogens (tertiary/aromatic N) is 2. The molecule has 21 heavy (non-hydrogen) atoms. The van der Waals surface area contributed by atoms with Gasteiger partial charge in [0.2, 0.25) is 0 Å². The molecular weight excluding hydrogens is 276 g/mol.